The van der Waals surface area contributed by atoms with E-state index in [-0.39, 0.29) is 24.0 Å². The number of nitrogens with zero attached hydrogens (tertiary/aromatic N) is 2. The molecule has 0 radical (unpaired) electrons. The summed E-state index contributed by atoms with van der Waals surface area (Å²) in [6.07, 6.45) is 2.55. The van der Waals surface area contributed by atoms with Crippen molar-refractivity contribution < 1.29 is 4.74 Å². The lowest BCUT2D eigenvalue weighted by atomic mass is 10.1. The monoisotopic (exact) mass is 460 g/mol. The van der Waals surface area contributed by atoms with Crippen molar-refractivity contribution in [2.24, 2.45) is 4.99 Å². The van der Waals surface area contributed by atoms with Gasteiger partial charge in [-0.15, -0.1) is 24.0 Å². The zero-order valence-corrected chi connectivity index (χ0v) is 18.3. The summed E-state index contributed by atoms with van der Waals surface area (Å²) in [6.45, 7) is 10.5. The summed E-state index contributed by atoms with van der Waals surface area (Å²) in [5.41, 5.74) is 2.33. The van der Waals surface area contributed by atoms with Crippen molar-refractivity contribution in [2.45, 2.75) is 46.2 Å². The minimum atomic E-state index is 0. The van der Waals surface area contributed by atoms with E-state index in [9.17, 15) is 0 Å². The summed E-state index contributed by atoms with van der Waals surface area (Å²) < 4.78 is 5.75. The minimum Gasteiger partial charge on any atom is -0.494 e. The van der Waals surface area contributed by atoms with Gasteiger partial charge in [-0.2, -0.15) is 0 Å². The molecule has 5 nitrogen and oxygen atoms in total. The molecule has 1 aromatic carbocycles. The van der Waals surface area contributed by atoms with Gasteiger partial charge in [0.05, 0.1) is 13.2 Å². The standard InChI is InChI=1S/C19H32N4O.HI/c1-5-20-19(22-14-17-8-7-11-23(17)4)21-13-16-10-9-15(3)12-18(16)24-6-2;/h9-10,12,17H,5-8,11,13-14H2,1-4H3,(H2,20,21,22);1H. The van der Waals surface area contributed by atoms with Gasteiger partial charge in [0.15, 0.2) is 5.96 Å². The van der Waals surface area contributed by atoms with Gasteiger partial charge >= 0.3 is 0 Å². The van der Waals surface area contributed by atoms with Gasteiger partial charge < -0.3 is 20.3 Å². The Balaban J connectivity index is 0.00000312. The first kappa shape index (κ1) is 22.0. The molecule has 0 aromatic heterocycles. The number of rotatable bonds is 7. The molecular weight excluding hydrogens is 427 g/mol. The number of likely N-dealkylation sites (N-methyl/N-ethyl adjacent to an activating group) is 1. The quantitative estimate of drug-likeness (QED) is 0.373. The second-order valence-electron chi connectivity index (χ2n) is 6.40. The summed E-state index contributed by atoms with van der Waals surface area (Å²) in [7, 11) is 2.20. The summed E-state index contributed by atoms with van der Waals surface area (Å²) in [5.74, 6) is 1.81. The normalized spacial score (nSPS) is 17.9. The van der Waals surface area contributed by atoms with Crippen molar-refractivity contribution in [3.05, 3.63) is 29.3 Å². The SMILES string of the molecule is CCNC(=NCc1ccc(C)cc1OCC)NCC1CCCN1C.I. The fraction of sp³-hybridized carbons (Fsp3) is 0.632. The molecule has 1 aliphatic heterocycles. The molecule has 142 valence electrons. The Morgan fingerprint density at radius 1 is 1.32 bits per heavy atom. The van der Waals surface area contributed by atoms with E-state index in [1.54, 1.807) is 0 Å². The van der Waals surface area contributed by atoms with Crippen molar-refractivity contribution in [3.63, 3.8) is 0 Å². The molecule has 6 heteroatoms. The lowest BCUT2D eigenvalue weighted by molar-refractivity contribution is 0.309. The van der Waals surface area contributed by atoms with E-state index in [1.165, 1.54) is 24.9 Å². The molecule has 1 aromatic rings. The molecule has 1 saturated heterocycles. The van der Waals surface area contributed by atoms with Crippen LogP contribution >= 0.6 is 24.0 Å². The van der Waals surface area contributed by atoms with Crippen LogP contribution in [0.3, 0.4) is 0 Å². The van der Waals surface area contributed by atoms with Gasteiger partial charge in [0.1, 0.15) is 5.75 Å². The Bertz CT molecular complexity index is 550. The Hall–Kier alpha value is -1.02. The maximum atomic E-state index is 5.75. The van der Waals surface area contributed by atoms with Gasteiger partial charge in [0, 0.05) is 24.7 Å². The average molecular weight is 460 g/mol. The fourth-order valence-electron chi connectivity index (χ4n) is 3.04. The third-order valence-corrected chi connectivity index (χ3v) is 4.45. The van der Waals surface area contributed by atoms with Crippen molar-refractivity contribution in [3.8, 4) is 5.75 Å². The number of nitrogens with one attached hydrogen (secondary N) is 2. The molecule has 1 aliphatic rings. The van der Waals surface area contributed by atoms with E-state index in [4.69, 9.17) is 9.73 Å². The third kappa shape index (κ3) is 7.01. The fourth-order valence-corrected chi connectivity index (χ4v) is 3.04. The van der Waals surface area contributed by atoms with Gasteiger partial charge in [0.25, 0.3) is 0 Å². The number of aryl methyl sites for hydroxylation is 1. The van der Waals surface area contributed by atoms with Gasteiger partial charge in [-0.05, 0) is 58.8 Å². The Labute approximate surface area is 169 Å². The smallest absolute Gasteiger partial charge is 0.191 e. The number of ether oxygens (including phenoxy) is 1. The van der Waals surface area contributed by atoms with Crippen molar-refractivity contribution in [1.82, 2.24) is 15.5 Å². The number of likely N-dealkylation sites (tertiary alicyclic amines) is 1. The molecule has 0 saturated carbocycles. The van der Waals surface area contributed by atoms with Crippen LogP contribution in [0, 0.1) is 6.92 Å². The lowest BCUT2D eigenvalue weighted by Gasteiger charge is -2.21. The van der Waals surface area contributed by atoms with Crippen molar-refractivity contribution in [2.75, 3.05) is 33.3 Å². The molecule has 0 aliphatic carbocycles. The van der Waals surface area contributed by atoms with Gasteiger partial charge in [-0.25, -0.2) is 4.99 Å². The number of hydrogen-bond donors (Lipinski definition) is 2. The van der Waals surface area contributed by atoms with Crippen LogP contribution in [0.1, 0.15) is 37.8 Å². The summed E-state index contributed by atoms with van der Waals surface area (Å²) in [4.78, 5) is 7.16. The molecule has 1 fully saturated rings. The summed E-state index contributed by atoms with van der Waals surface area (Å²) >= 11 is 0. The third-order valence-electron chi connectivity index (χ3n) is 4.45. The van der Waals surface area contributed by atoms with E-state index in [1.807, 2.05) is 6.92 Å². The van der Waals surface area contributed by atoms with Crippen LogP contribution in [-0.2, 0) is 6.54 Å². The highest BCUT2D eigenvalue weighted by Gasteiger charge is 2.20. The molecule has 0 amide bonds. The second-order valence-corrected chi connectivity index (χ2v) is 6.40. The molecule has 0 bridgehead atoms. The van der Waals surface area contributed by atoms with Gasteiger partial charge in [-0.1, -0.05) is 12.1 Å². The molecular formula is C19H33IN4O. The van der Waals surface area contributed by atoms with E-state index in [0.717, 1.165) is 30.4 Å². The number of hydrogen-bond acceptors (Lipinski definition) is 3. The van der Waals surface area contributed by atoms with Crippen molar-refractivity contribution in [1.29, 1.82) is 0 Å². The Kier molecular flexibility index (Phi) is 10.2. The molecule has 25 heavy (non-hydrogen) atoms. The predicted octanol–water partition coefficient (Wildman–Crippen LogP) is 3.16. The van der Waals surface area contributed by atoms with E-state index >= 15 is 0 Å². The molecule has 1 heterocycles. The Morgan fingerprint density at radius 3 is 2.76 bits per heavy atom. The van der Waals surface area contributed by atoms with Crippen LogP contribution in [0.5, 0.6) is 5.75 Å². The highest BCUT2D eigenvalue weighted by atomic mass is 127. The maximum absolute atomic E-state index is 5.75. The highest BCUT2D eigenvalue weighted by molar-refractivity contribution is 14.0. The zero-order valence-electron chi connectivity index (χ0n) is 16.0. The van der Waals surface area contributed by atoms with Crippen LogP contribution < -0.4 is 15.4 Å². The van der Waals surface area contributed by atoms with Crippen LogP contribution in [0.4, 0.5) is 0 Å². The first-order chi connectivity index (χ1) is 11.6. The van der Waals surface area contributed by atoms with E-state index in [0.29, 0.717) is 19.2 Å². The van der Waals surface area contributed by atoms with Gasteiger partial charge in [0.2, 0.25) is 0 Å². The van der Waals surface area contributed by atoms with E-state index in [2.05, 4.69) is 54.6 Å². The average Bonchev–Trinajstić information content (AvgIpc) is 2.97. The molecule has 2 rings (SSSR count). The Morgan fingerprint density at radius 2 is 2.12 bits per heavy atom. The first-order valence-electron chi connectivity index (χ1n) is 9.08. The lowest BCUT2D eigenvalue weighted by Crippen LogP contribution is -2.44. The second kappa shape index (κ2) is 11.6. The van der Waals surface area contributed by atoms with Crippen LogP contribution in [-0.4, -0.2) is 50.2 Å². The molecule has 0 spiro atoms. The minimum absolute atomic E-state index is 0. The summed E-state index contributed by atoms with van der Waals surface area (Å²) in [6, 6.07) is 6.91. The molecule has 1 unspecified atom stereocenters. The highest BCUT2D eigenvalue weighted by Crippen LogP contribution is 2.21. The van der Waals surface area contributed by atoms with Crippen LogP contribution in [0.15, 0.2) is 23.2 Å². The first-order valence-corrected chi connectivity index (χ1v) is 9.08. The number of guanidine groups is 1. The zero-order chi connectivity index (χ0) is 17.4. The predicted molar refractivity (Wildman–Crippen MR) is 116 cm³/mol. The maximum Gasteiger partial charge on any atom is 0.191 e. The number of aliphatic imine (C=N–C) groups is 1. The number of benzene rings is 1. The largest absolute Gasteiger partial charge is 0.494 e. The topological polar surface area (TPSA) is 48.9 Å². The molecule has 2 N–H and O–H groups in total. The van der Waals surface area contributed by atoms with Crippen LogP contribution in [0.2, 0.25) is 0 Å². The van der Waals surface area contributed by atoms with Crippen molar-refractivity contribution >= 4 is 29.9 Å². The van der Waals surface area contributed by atoms with Gasteiger partial charge in [-0.3, -0.25) is 0 Å². The summed E-state index contributed by atoms with van der Waals surface area (Å²) in [5, 5.41) is 6.82. The van der Waals surface area contributed by atoms with Crippen LogP contribution in [0.25, 0.3) is 0 Å². The number of halogens is 1. The molecule has 1 atom stereocenters. The van der Waals surface area contributed by atoms with E-state index < -0.39 is 0 Å².